The van der Waals surface area contributed by atoms with Crippen LogP contribution in [0.1, 0.15) is 25.3 Å². The number of halogens is 1. The van der Waals surface area contributed by atoms with Gasteiger partial charge in [-0.1, -0.05) is 22.9 Å². The van der Waals surface area contributed by atoms with Crippen molar-refractivity contribution in [1.29, 1.82) is 0 Å². The van der Waals surface area contributed by atoms with E-state index >= 15 is 0 Å². The summed E-state index contributed by atoms with van der Waals surface area (Å²) in [6.07, 6.45) is 3.44. The van der Waals surface area contributed by atoms with E-state index in [9.17, 15) is 0 Å². The maximum Gasteiger partial charge on any atom is 0.0469 e. The van der Waals surface area contributed by atoms with Crippen LogP contribution in [0.4, 0.5) is 5.69 Å². The quantitative estimate of drug-likeness (QED) is 0.911. The second-order valence-corrected chi connectivity index (χ2v) is 5.51. The van der Waals surface area contributed by atoms with Crippen LogP contribution >= 0.6 is 15.9 Å². The lowest BCUT2D eigenvalue weighted by Gasteiger charge is -2.23. The second-order valence-electron chi connectivity index (χ2n) is 4.59. The van der Waals surface area contributed by atoms with Crippen molar-refractivity contribution in [2.24, 2.45) is 5.92 Å². The normalized spacial score (nSPS) is 17.1. The number of hydrogen-bond acceptors (Lipinski definition) is 2. The lowest BCUT2D eigenvalue weighted by Crippen LogP contribution is -2.22. The summed E-state index contributed by atoms with van der Waals surface area (Å²) in [5, 5.41) is 3.58. The largest absolute Gasteiger partial charge is 0.385 e. The van der Waals surface area contributed by atoms with E-state index in [1.807, 2.05) is 0 Å². The molecule has 0 amide bonds. The van der Waals surface area contributed by atoms with E-state index in [1.165, 1.54) is 24.1 Å². The van der Waals surface area contributed by atoms with Crippen molar-refractivity contribution in [3.63, 3.8) is 0 Å². The van der Waals surface area contributed by atoms with Gasteiger partial charge in [-0.3, -0.25) is 0 Å². The van der Waals surface area contributed by atoms with E-state index in [0.717, 1.165) is 36.6 Å². The Balaban J connectivity index is 1.93. The molecule has 0 atom stereocenters. The molecule has 0 spiro atoms. The lowest BCUT2D eigenvalue weighted by atomic mass is 10.00. The Kier molecular flexibility index (Phi) is 4.86. The van der Waals surface area contributed by atoms with Gasteiger partial charge in [-0.05, 0) is 48.9 Å². The molecule has 0 aliphatic carbocycles. The molecule has 2 rings (SSSR count). The molecule has 1 aliphatic heterocycles. The van der Waals surface area contributed by atoms with Gasteiger partial charge in [-0.15, -0.1) is 0 Å². The van der Waals surface area contributed by atoms with Crippen molar-refractivity contribution in [2.75, 3.05) is 25.1 Å². The topological polar surface area (TPSA) is 21.3 Å². The minimum Gasteiger partial charge on any atom is -0.385 e. The highest BCUT2D eigenvalue weighted by Crippen LogP contribution is 2.23. The zero-order valence-electron chi connectivity index (χ0n) is 10.3. The molecule has 1 fully saturated rings. The van der Waals surface area contributed by atoms with Crippen molar-refractivity contribution < 1.29 is 4.74 Å². The van der Waals surface area contributed by atoms with Crippen LogP contribution in [0.2, 0.25) is 0 Å². The SMILES string of the molecule is CCc1cc(Br)ccc1NCC1CCOCC1. The standard InChI is InChI=1S/C14H20BrNO/c1-2-12-9-13(15)3-4-14(12)16-10-11-5-7-17-8-6-11/h3-4,9,11,16H,2,5-8,10H2,1H3. The van der Waals surface area contributed by atoms with Crippen molar-refractivity contribution in [2.45, 2.75) is 26.2 Å². The highest BCUT2D eigenvalue weighted by molar-refractivity contribution is 9.10. The molecule has 0 bridgehead atoms. The molecule has 1 aliphatic rings. The molecule has 0 aromatic heterocycles. The zero-order valence-corrected chi connectivity index (χ0v) is 11.9. The van der Waals surface area contributed by atoms with E-state index in [1.54, 1.807) is 0 Å². The summed E-state index contributed by atoms with van der Waals surface area (Å²) >= 11 is 3.52. The van der Waals surface area contributed by atoms with E-state index < -0.39 is 0 Å². The maximum atomic E-state index is 5.38. The fourth-order valence-corrected chi connectivity index (χ4v) is 2.64. The van der Waals surface area contributed by atoms with Gasteiger partial charge in [0.25, 0.3) is 0 Å². The van der Waals surface area contributed by atoms with Crippen LogP contribution in [-0.2, 0) is 11.2 Å². The number of nitrogens with one attached hydrogen (secondary N) is 1. The summed E-state index contributed by atoms with van der Waals surface area (Å²) in [6, 6.07) is 6.47. The van der Waals surface area contributed by atoms with Gasteiger partial charge in [0, 0.05) is 29.9 Å². The predicted molar refractivity (Wildman–Crippen MR) is 75.6 cm³/mol. The third-order valence-corrected chi connectivity index (χ3v) is 3.86. The molecule has 0 unspecified atom stereocenters. The number of anilines is 1. The Morgan fingerprint density at radius 3 is 2.82 bits per heavy atom. The fourth-order valence-electron chi connectivity index (χ4n) is 2.23. The first-order valence-corrected chi connectivity index (χ1v) is 7.19. The Morgan fingerprint density at radius 2 is 2.12 bits per heavy atom. The molecule has 94 valence electrons. The average molecular weight is 298 g/mol. The third kappa shape index (κ3) is 3.71. The van der Waals surface area contributed by atoms with Crippen molar-refractivity contribution >= 4 is 21.6 Å². The first-order chi connectivity index (χ1) is 8.29. The monoisotopic (exact) mass is 297 g/mol. The molecule has 1 saturated heterocycles. The summed E-state index contributed by atoms with van der Waals surface area (Å²) < 4.78 is 6.54. The number of ether oxygens (including phenoxy) is 1. The molecule has 0 saturated carbocycles. The molecular weight excluding hydrogens is 278 g/mol. The molecule has 1 heterocycles. The van der Waals surface area contributed by atoms with E-state index in [-0.39, 0.29) is 0 Å². The average Bonchev–Trinajstić information content (AvgIpc) is 2.38. The van der Waals surface area contributed by atoms with Crippen LogP contribution in [0.25, 0.3) is 0 Å². The maximum absolute atomic E-state index is 5.38. The smallest absolute Gasteiger partial charge is 0.0469 e. The summed E-state index contributed by atoms with van der Waals surface area (Å²) in [4.78, 5) is 0. The Hall–Kier alpha value is -0.540. The van der Waals surface area contributed by atoms with Gasteiger partial charge in [-0.25, -0.2) is 0 Å². The number of benzene rings is 1. The van der Waals surface area contributed by atoms with E-state index in [4.69, 9.17) is 4.74 Å². The summed E-state index contributed by atoms with van der Waals surface area (Å²) in [7, 11) is 0. The number of hydrogen-bond donors (Lipinski definition) is 1. The van der Waals surface area contributed by atoms with Gasteiger partial charge in [0.15, 0.2) is 0 Å². The van der Waals surface area contributed by atoms with Crippen LogP contribution in [0.15, 0.2) is 22.7 Å². The Bertz CT molecular complexity index is 361. The van der Waals surface area contributed by atoms with Gasteiger partial charge < -0.3 is 10.1 Å². The molecule has 1 aromatic rings. The minimum atomic E-state index is 0.761. The van der Waals surface area contributed by atoms with Crippen molar-refractivity contribution in [1.82, 2.24) is 0 Å². The molecule has 2 nitrogen and oxygen atoms in total. The predicted octanol–water partition coefficient (Wildman–Crippen LogP) is 3.85. The molecule has 3 heteroatoms. The lowest BCUT2D eigenvalue weighted by molar-refractivity contribution is 0.0699. The van der Waals surface area contributed by atoms with Crippen LogP contribution in [0, 0.1) is 5.92 Å². The molecule has 1 aromatic carbocycles. The van der Waals surface area contributed by atoms with E-state index in [0.29, 0.717) is 0 Å². The highest BCUT2D eigenvalue weighted by Gasteiger charge is 2.13. The third-order valence-electron chi connectivity index (χ3n) is 3.37. The van der Waals surface area contributed by atoms with Gasteiger partial charge >= 0.3 is 0 Å². The van der Waals surface area contributed by atoms with E-state index in [2.05, 4.69) is 46.4 Å². The highest BCUT2D eigenvalue weighted by atomic mass is 79.9. The Morgan fingerprint density at radius 1 is 1.35 bits per heavy atom. The van der Waals surface area contributed by atoms with Crippen LogP contribution in [0.3, 0.4) is 0 Å². The number of rotatable bonds is 4. The van der Waals surface area contributed by atoms with Crippen LogP contribution in [-0.4, -0.2) is 19.8 Å². The first-order valence-electron chi connectivity index (χ1n) is 6.39. The Labute approximate surface area is 112 Å². The van der Waals surface area contributed by atoms with Gasteiger partial charge in [0.1, 0.15) is 0 Å². The van der Waals surface area contributed by atoms with Gasteiger partial charge in [0.05, 0.1) is 0 Å². The van der Waals surface area contributed by atoms with Crippen LogP contribution in [0.5, 0.6) is 0 Å². The van der Waals surface area contributed by atoms with Gasteiger partial charge in [-0.2, -0.15) is 0 Å². The molecule has 1 N–H and O–H groups in total. The fraction of sp³-hybridized carbons (Fsp3) is 0.571. The zero-order chi connectivity index (χ0) is 12.1. The van der Waals surface area contributed by atoms with Crippen LogP contribution < -0.4 is 5.32 Å². The molecule has 17 heavy (non-hydrogen) atoms. The number of aryl methyl sites for hydroxylation is 1. The second kappa shape index (κ2) is 6.41. The van der Waals surface area contributed by atoms with Crippen molar-refractivity contribution in [3.8, 4) is 0 Å². The van der Waals surface area contributed by atoms with Crippen molar-refractivity contribution in [3.05, 3.63) is 28.2 Å². The minimum absolute atomic E-state index is 0.761. The summed E-state index contributed by atoms with van der Waals surface area (Å²) in [6.45, 7) is 5.11. The van der Waals surface area contributed by atoms with Gasteiger partial charge in [0.2, 0.25) is 0 Å². The summed E-state index contributed by atoms with van der Waals surface area (Å²) in [5.74, 6) is 0.761. The molecule has 0 radical (unpaired) electrons. The summed E-state index contributed by atoms with van der Waals surface area (Å²) in [5.41, 5.74) is 2.66. The first kappa shape index (κ1) is 12.9. The molecular formula is C14H20BrNO.